The Bertz CT molecular complexity index is 962. The number of benzene rings is 2. The van der Waals surface area contributed by atoms with Gasteiger partial charge in [0.15, 0.2) is 0 Å². The Morgan fingerprint density at radius 3 is 2.43 bits per heavy atom. The number of carbonyl (C=O) groups is 1. The number of methoxy groups -OCH3 is 2. The van der Waals surface area contributed by atoms with Gasteiger partial charge in [0.2, 0.25) is 10.0 Å². The van der Waals surface area contributed by atoms with Gasteiger partial charge < -0.3 is 9.47 Å². The van der Waals surface area contributed by atoms with Gasteiger partial charge in [0.05, 0.1) is 32.4 Å². The molecule has 0 bridgehead atoms. The third-order valence-corrected chi connectivity index (χ3v) is 4.99. The fraction of sp³-hybridized carbons (Fsp3) is 0.222. The summed E-state index contributed by atoms with van der Waals surface area (Å²) < 4.78 is 35.8. The molecule has 0 spiro atoms. The van der Waals surface area contributed by atoms with Gasteiger partial charge in [0, 0.05) is 11.1 Å². The van der Waals surface area contributed by atoms with E-state index in [1.54, 1.807) is 36.4 Å². The van der Waals surface area contributed by atoms with E-state index < -0.39 is 22.5 Å². The number of nitrogens with one attached hydrogen (secondary N) is 1. The average molecular weight is 426 g/mol. The molecule has 0 fully saturated rings. The molecule has 8 nitrogen and oxygen atoms in total. The van der Waals surface area contributed by atoms with Crippen molar-refractivity contribution in [1.82, 2.24) is 5.43 Å². The fourth-order valence-electron chi connectivity index (χ4n) is 2.27. The molecule has 0 aliphatic carbocycles. The van der Waals surface area contributed by atoms with Crippen LogP contribution in [0, 0.1) is 0 Å². The van der Waals surface area contributed by atoms with Crippen molar-refractivity contribution < 1.29 is 22.7 Å². The summed E-state index contributed by atoms with van der Waals surface area (Å²) in [5, 5.41) is 4.41. The Hall–Kier alpha value is -2.78. The molecule has 2 aromatic carbocycles. The number of carbonyl (C=O) groups excluding carboxylic acids is 1. The highest BCUT2D eigenvalue weighted by atomic mass is 35.5. The van der Waals surface area contributed by atoms with E-state index in [1.807, 2.05) is 0 Å². The SMILES string of the molecule is COc1ccc(OC)c(N(CC(=O)N/N=C\c2ccc(Cl)cc2)S(C)(=O)=O)c1. The zero-order chi connectivity index (χ0) is 20.7. The molecule has 0 heterocycles. The maximum atomic E-state index is 12.3. The fourth-order valence-corrected chi connectivity index (χ4v) is 3.24. The van der Waals surface area contributed by atoms with Crippen LogP contribution in [-0.2, 0) is 14.8 Å². The molecule has 150 valence electrons. The number of hydrogen-bond donors (Lipinski definition) is 1. The Labute approximate surface area is 168 Å². The number of ether oxygens (including phenoxy) is 2. The maximum Gasteiger partial charge on any atom is 0.260 e. The van der Waals surface area contributed by atoms with Gasteiger partial charge in [0.25, 0.3) is 5.91 Å². The van der Waals surface area contributed by atoms with Crippen molar-refractivity contribution in [1.29, 1.82) is 0 Å². The molecule has 10 heteroatoms. The molecule has 0 saturated heterocycles. The van der Waals surface area contributed by atoms with E-state index in [2.05, 4.69) is 10.5 Å². The van der Waals surface area contributed by atoms with E-state index in [-0.39, 0.29) is 11.4 Å². The first kappa shape index (κ1) is 21.5. The number of sulfonamides is 1. The standard InChI is InChI=1S/C18H20ClN3O5S/c1-26-15-8-9-17(27-2)16(10-15)22(28(3,24)25)12-18(23)21-20-11-13-4-6-14(19)7-5-13/h4-11H,12H2,1-3H3,(H,21,23)/b20-11-. The van der Waals surface area contributed by atoms with Gasteiger partial charge in [-0.1, -0.05) is 23.7 Å². The number of hydrogen-bond acceptors (Lipinski definition) is 6. The number of rotatable bonds is 8. The van der Waals surface area contributed by atoms with Crippen LogP contribution in [0.25, 0.3) is 0 Å². The van der Waals surface area contributed by atoms with Gasteiger partial charge in [-0.25, -0.2) is 13.8 Å². The topological polar surface area (TPSA) is 97.3 Å². The van der Waals surface area contributed by atoms with Crippen molar-refractivity contribution >= 4 is 39.4 Å². The van der Waals surface area contributed by atoms with Crippen LogP contribution in [0.2, 0.25) is 5.02 Å². The first-order valence-corrected chi connectivity index (χ1v) is 10.2. The van der Waals surface area contributed by atoms with E-state index in [1.165, 1.54) is 26.5 Å². The van der Waals surface area contributed by atoms with E-state index in [9.17, 15) is 13.2 Å². The molecule has 2 aromatic rings. The third kappa shape index (κ3) is 5.86. The van der Waals surface area contributed by atoms with E-state index in [0.717, 1.165) is 16.1 Å². The van der Waals surface area contributed by atoms with E-state index >= 15 is 0 Å². The number of anilines is 1. The van der Waals surface area contributed by atoms with Crippen LogP contribution in [-0.4, -0.2) is 47.6 Å². The summed E-state index contributed by atoms with van der Waals surface area (Å²) in [5.74, 6) is 0.0785. The molecular formula is C18H20ClN3O5S. The molecule has 1 N–H and O–H groups in total. The predicted octanol–water partition coefficient (Wildman–Crippen LogP) is 2.27. The van der Waals surface area contributed by atoms with Crippen LogP contribution in [0.4, 0.5) is 5.69 Å². The van der Waals surface area contributed by atoms with Crippen molar-refractivity contribution in [2.75, 3.05) is 31.3 Å². The van der Waals surface area contributed by atoms with E-state index in [0.29, 0.717) is 10.8 Å². The smallest absolute Gasteiger partial charge is 0.260 e. The Balaban J connectivity index is 2.19. The molecule has 1 amide bonds. The molecule has 0 aliphatic heterocycles. The summed E-state index contributed by atoms with van der Waals surface area (Å²) in [4.78, 5) is 12.2. The zero-order valence-corrected chi connectivity index (χ0v) is 17.1. The molecule has 2 rings (SSSR count). The van der Waals surface area contributed by atoms with Crippen LogP contribution in [0.1, 0.15) is 5.56 Å². The monoisotopic (exact) mass is 425 g/mol. The van der Waals surface area contributed by atoms with Crippen molar-refractivity contribution in [3.8, 4) is 11.5 Å². The first-order chi connectivity index (χ1) is 13.2. The van der Waals surface area contributed by atoms with Crippen LogP contribution in [0.15, 0.2) is 47.6 Å². The minimum absolute atomic E-state index is 0.182. The van der Waals surface area contributed by atoms with E-state index in [4.69, 9.17) is 21.1 Å². The molecule has 0 aromatic heterocycles. The Morgan fingerprint density at radius 2 is 1.86 bits per heavy atom. The van der Waals surface area contributed by atoms with Crippen molar-refractivity contribution in [2.24, 2.45) is 5.10 Å². The zero-order valence-electron chi connectivity index (χ0n) is 15.5. The number of hydrazone groups is 1. The first-order valence-electron chi connectivity index (χ1n) is 8.02. The lowest BCUT2D eigenvalue weighted by atomic mass is 10.2. The number of nitrogens with zero attached hydrogens (tertiary/aromatic N) is 2. The molecule has 0 saturated carbocycles. The molecule has 0 aliphatic rings. The predicted molar refractivity (Wildman–Crippen MR) is 109 cm³/mol. The Morgan fingerprint density at radius 1 is 1.18 bits per heavy atom. The lowest BCUT2D eigenvalue weighted by Gasteiger charge is -2.23. The highest BCUT2D eigenvalue weighted by molar-refractivity contribution is 7.92. The second-order valence-corrected chi connectivity index (χ2v) is 8.00. The summed E-state index contributed by atoms with van der Waals surface area (Å²) in [7, 11) is -0.924. The third-order valence-electron chi connectivity index (χ3n) is 3.62. The molecule has 28 heavy (non-hydrogen) atoms. The van der Waals surface area contributed by atoms with Crippen LogP contribution in [0.3, 0.4) is 0 Å². The highest BCUT2D eigenvalue weighted by Gasteiger charge is 2.24. The Kier molecular flexibility index (Phi) is 7.24. The molecule has 0 atom stereocenters. The largest absolute Gasteiger partial charge is 0.497 e. The lowest BCUT2D eigenvalue weighted by molar-refractivity contribution is -0.119. The number of halogens is 1. The molecular weight excluding hydrogens is 406 g/mol. The minimum Gasteiger partial charge on any atom is -0.497 e. The van der Waals surface area contributed by atoms with Gasteiger partial charge in [-0.3, -0.25) is 9.10 Å². The van der Waals surface area contributed by atoms with Crippen molar-refractivity contribution in [3.05, 3.63) is 53.1 Å². The molecule has 0 radical (unpaired) electrons. The van der Waals surface area contributed by atoms with Gasteiger partial charge in [0.1, 0.15) is 18.0 Å². The molecule has 0 unspecified atom stereocenters. The normalized spacial score (nSPS) is 11.3. The summed E-state index contributed by atoms with van der Waals surface area (Å²) in [6, 6.07) is 11.5. The quantitative estimate of drug-likeness (QED) is 0.517. The average Bonchev–Trinajstić information content (AvgIpc) is 2.66. The summed E-state index contributed by atoms with van der Waals surface area (Å²) >= 11 is 5.80. The van der Waals surface area contributed by atoms with Crippen molar-refractivity contribution in [3.63, 3.8) is 0 Å². The lowest BCUT2D eigenvalue weighted by Crippen LogP contribution is -2.39. The summed E-state index contributed by atoms with van der Waals surface area (Å²) in [6.07, 6.45) is 2.42. The maximum absolute atomic E-state index is 12.3. The minimum atomic E-state index is -3.78. The highest BCUT2D eigenvalue weighted by Crippen LogP contribution is 2.33. The van der Waals surface area contributed by atoms with Gasteiger partial charge in [-0.2, -0.15) is 5.10 Å². The second kappa shape index (κ2) is 9.43. The van der Waals surface area contributed by atoms with Crippen LogP contribution < -0.4 is 19.2 Å². The van der Waals surface area contributed by atoms with Crippen LogP contribution in [0.5, 0.6) is 11.5 Å². The van der Waals surface area contributed by atoms with Crippen molar-refractivity contribution in [2.45, 2.75) is 0 Å². The summed E-state index contributed by atoms with van der Waals surface area (Å²) in [5.41, 5.74) is 3.21. The summed E-state index contributed by atoms with van der Waals surface area (Å²) in [6.45, 7) is -0.486. The second-order valence-electron chi connectivity index (χ2n) is 5.65. The number of amides is 1. The van der Waals surface area contributed by atoms with Gasteiger partial charge in [-0.05, 0) is 29.8 Å². The van der Waals surface area contributed by atoms with Gasteiger partial charge >= 0.3 is 0 Å². The van der Waals surface area contributed by atoms with Crippen LogP contribution >= 0.6 is 11.6 Å². The van der Waals surface area contributed by atoms with Gasteiger partial charge in [-0.15, -0.1) is 0 Å².